The molecule has 2 unspecified atom stereocenters. The van der Waals surface area contributed by atoms with Gasteiger partial charge in [-0.25, -0.2) is 0 Å². The second-order valence-electron chi connectivity index (χ2n) is 4.71. The van der Waals surface area contributed by atoms with Crippen LogP contribution in [0.1, 0.15) is 52.4 Å². The van der Waals surface area contributed by atoms with E-state index in [1.807, 2.05) is 0 Å². The molecule has 0 aromatic heterocycles. The van der Waals surface area contributed by atoms with Crippen molar-refractivity contribution in [3.8, 4) is 6.07 Å². The van der Waals surface area contributed by atoms with Gasteiger partial charge in [-0.05, 0) is 50.8 Å². The highest BCUT2D eigenvalue weighted by Crippen LogP contribution is 2.34. The average Bonchev–Trinajstić information content (AvgIpc) is 2.34. The predicted octanol–water partition coefficient (Wildman–Crippen LogP) is 3.33. The zero-order valence-electron chi connectivity index (χ0n) is 10.6. The van der Waals surface area contributed by atoms with E-state index in [2.05, 4.69) is 37.0 Å². The Labute approximate surface area is 104 Å². The van der Waals surface area contributed by atoms with Crippen molar-refractivity contribution in [2.24, 2.45) is 0 Å². The van der Waals surface area contributed by atoms with E-state index in [9.17, 15) is 5.26 Å². The third-order valence-electron chi connectivity index (χ3n) is 3.19. The maximum absolute atomic E-state index is 9.39. The van der Waals surface area contributed by atoms with Crippen molar-refractivity contribution in [2.45, 2.75) is 63.2 Å². The van der Waals surface area contributed by atoms with Gasteiger partial charge in [0.25, 0.3) is 0 Å². The highest BCUT2D eigenvalue weighted by Gasteiger charge is 2.35. The van der Waals surface area contributed by atoms with E-state index >= 15 is 0 Å². The summed E-state index contributed by atoms with van der Waals surface area (Å²) in [6.45, 7) is 5.35. The topological polar surface area (TPSA) is 35.8 Å². The molecule has 2 nitrogen and oxygen atoms in total. The van der Waals surface area contributed by atoms with Crippen LogP contribution in [0.15, 0.2) is 0 Å². The van der Waals surface area contributed by atoms with E-state index in [4.69, 9.17) is 0 Å². The normalized spacial score (nSPS) is 29.9. The van der Waals surface area contributed by atoms with Gasteiger partial charge >= 0.3 is 0 Å². The van der Waals surface area contributed by atoms with Crippen LogP contribution in [0.3, 0.4) is 0 Å². The summed E-state index contributed by atoms with van der Waals surface area (Å²) in [5, 5.41) is 13.5. The Balaban J connectivity index is 2.48. The second kappa shape index (κ2) is 7.19. The zero-order chi connectivity index (χ0) is 11.9. The fraction of sp³-hybridized carbons (Fsp3) is 0.923. The first-order valence-corrected chi connectivity index (χ1v) is 7.59. The fourth-order valence-corrected chi connectivity index (χ4v) is 3.62. The Morgan fingerprint density at radius 1 is 1.44 bits per heavy atom. The molecule has 92 valence electrons. The molecule has 3 heteroatoms. The van der Waals surface area contributed by atoms with Gasteiger partial charge in [0.05, 0.1) is 6.07 Å². The highest BCUT2D eigenvalue weighted by atomic mass is 32.2. The van der Waals surface area contributed by atoms with Gasteiger partial charge in [-0.1, -0.05) is 13.8 Å². The molecule has 2 atom stereocenters. The minimum absolute atomic E-state index is 0.223. The molecule has 0 bridgehead atoms. The van der Waals surface area contributed by atoms with Crippen LogP contribution >= 0.6 is 11.8 Å². The van der Waals surface area contributed by atoms with Gasteiger partial charge in [0.2, 0.25) is 0 Å². The van der Waals surface area contributed by atoms with E-state index in [1.54, 1.807) is 0 Å². The van der Waals surface area contributed by atoms with Crippen molar-refractivity contribution in [2.75, 3.05) is 12.3 Å². The molecule has 1 aliphatic carbocycles. The van der Waals surface area contributed by atoms with Crippen molar-refractivity contribution in [1.82, 2.24) is 5.32 Å². The van der Waals surface area contributed by atoms with Crippen molar-refractivity contribution >= 4 is 11.8 Å². The van der Waals surface area contributed by atoms with Gasteiger partial charge in [0.15, 0.2) is 0 Å². The van der Waals surface area contributed by atoms with Crippen molar-refractivity contribution in [3.05, 3.63) is 0 Å². The minimum Gasteiger partial charge on any atom is -0.299 e. The Bertz CT molecular complexity index is 237. The minimum atomic E-state index is -0.223. The molecule has 1 aliphatic rings. The first-order valence-electron chi connectivity index (χ1n) is 6.54. The van der Waals surface area contributed by atoms with Crippen LogP contribution in [-0.2, 0) is 0 Å². The van der Waals surface area contributed by atoms with Crippen molar-refractivity contribution in [1.29, 1.82) is 5.26 Å². The number of thioether (sulfide) groups is 1. The van der Waals surface area contributed by atoms with Crippen LogP contribution in [0, 0.1) is 11.3 Å². The second-order valence-corrected chi connectivity index (χ2v) is 6.12. The van der Waals surface area contributed by atoms with Crippen LogP contribution in [0.2, 0.25) is 0 Å². The number of hydrogen-bond acceptors (Lipinski definition) is 3. The molecule has 1 fully saturated rings. The molecule has 1 N–H and O–H groups in total. The smallest absolute Gasteiger partial charge is 0.107 e. The molecular weight excluding hydrogens is 216 g/mol. The van der Waals surface area contributed by atoms with E-state index in [-0.39, 0.29) is 5.54 Å². The molecule has 1 rings (SSSR count). The predicted molar refractivity (Wildman–Crippen MR) is 71.6 cm³/mol. The maximum atomic E-state index is 9.39. The molecule has 0 saturated heterocycles. The van der Waals surface area contributed by atoms with Gasteiger partial charge in [0, 0.05) is 5.25 Å². The molecule has 0 aromatic rings. The van der Waals surface area contributed by atoms with Crippen molar-refractivity contribution < 1.29 is 0 Å². The largest absolute Gasteiger partial charge is 0.299 e. The molecule has 0 aliphatic heterocycles. The Hall–Kier alpha value is -0.200. The standard InChI is InChI=1S/C13H24N2S/c1-3-8-15-13(11-14)7-5-6-12(10-13)16-9-4-2/h12,15H,3-10H2,1-2H3. The van der Waals surface area contributed by atoms with E-state index < -0.39 is 0 Å². The lowest BCUT2D eigenvalue weighted by Crippen LogP contribution is -2.48. The van der Waals surface area contributed by atoms with Crippen molar-refractivity contribution in [3.63, 3.8) is 0 Å². The lowest BCUT2D eigenvalue weighted by Gasteiger charge is -2.36. The number of rotatable bonds is 6. The maximum Gasteiger partial charge on any atom is 0.107 e. The fourth-order valence-electron chi connectivity index (χ4n) is 2.32. The van der Waals surface area contributed by atoms with Crippen LogP contribution in [0.4, 0.5) is 0 Å². The molecule has 16 heavy (non-hydrogen) atoms. The molecular formula is C13H24N2S. The molecule has 1 saturated carbocycles. The SMILES string of the molecule is CCCNC1(C#N)CCCC(SCCC)C1. The zero-order valence-corrected chi connectivity index (χ0v) is 11.4. The molecule has 0 spiro atoms. The Morgan fingerprint density at radius 3 is 2.88 bits per heavy atom. The van der Waals surface area contributed by atoms with Crippen LogP contribution in [-0.4, -0.2) is 23.1 Å². The highest BCUT2D eigenvalue weighted by molar-refractivity contribution is 7.99. The molecule has 0 aromatic carbocycles. The average molecular weight is 240 g/mol. The van der Waals surface area contributed by atoms with Gasteiger partial charge in [-0.3, -0.25) is 5.32 Å². The number of nitriles is 1. The lowest BCUT2D eigenvalue weighted by molar-refractivity contribution is 0.305. The summed E-state index contributed by atoms with van der Waals surface area (Å²) in [4.78, 5) is 0. The summed E-state index contributed by atoms with van der Waals surface area (Å²) in [6.07, 6.45) is 6.91. The summed E-state index contributed by atoms with van der Waals surface area (Å²) in [6, 6.07) is 2.53. The first-order chi connectivity index (χ1) is 7.76. The van der Waals surface area contributed by atoms with Gasteiger partial charge < -0.3 is 0 Å². The van der Waals surface area contributed by atoms with Gasteiger partial charge in [0.1, 0.15) is 5.54 Å². The van der Waals surface area contributed by atoms with Gasteiger partial charge in [-0.2, -0.15) is 17.0 Å². The van der Waals surface area contributed by atoms with E-state index in [1.165, 1.54) is 25.0 Å². The summed E-state index contributed by atoms with van der Waals surface area (Å²) in [5.74, 6) is 1.24. The van der Waals surface area contributed by atoms with Crippen LogP contribution in [0.25, 0.3) is 0 Å². The third-order valence-corrected chi connectivity index (χ3v) is 4.71. The summed E-state index contributed by atoms with van der Waals surface area (Å²) >= 11 is 2.06. The summed E-state index contributed by atoms with van der Waals surface area (Å²) < 4.78 is 0. The Morgan fingerprint density at radius 2 is 2.25 bits per heavy atom. The first kappa shape index (κ1) is 13.9. The number of nitrogens with one attached hydrogen (secondary N) is 1. The monoisotopic (exact) mass is 240 g/mol. The number of nitrogens with zero attached hydrogens (tertiary/aromatic N) is 1. The van der Waals surface area contributed by atoms with Crippen LogP contribution < -0.4 is 5.32 Å². The van der Waals surface area contributed by atoms with Gasteiger partial charge in [-0.15, -0.1) is 0 Å². The number of hydrogen-bond donors (Lipinski definition) is 1. The van der Waals surface area contributed by atoms with E-state index in [0.717, 1.165) is 25.8 Å². The Kier molecular flexibility index (Phi) is 6.23. The lowest BCUT2D eigenvalue weighted by atomic mass is 9.82. The summed E-state index contributed by atoms with van der Waals surface area (Å²) in [7, 11) is 0. The third kappa shape index (κ3) is 3.99. The summed E-state index contributed by atoms with van der Waals surface area (Å²) in [5.41, 5.74) is -0.223. The quantitative estimate of drug-likeness (QED) is 0.773. The molecule has 0 radical (unpaired) electrons. The van der Waals surface area contributed by atoms with Crippen LogP contribution in [0.5, 0.6) is 0 Å². The molecule has 0 heterocycles. The molecule has 0 amide bonds. The van der Waals surface area contributed by atoms with E-state index in [0.29, 0.717) is 5.25 Å².